The minimum absolute atomic E-state index is 0.0162. The minimum Gasteiger partial charge on any atom is -0.392 e. The highest BCUT2D eigenvalue weighted by atomic mass is 16.6. The first-order valence-electron chi connectivity index (χ1n) is 2.79. The molecule has 1 aliphatic rings. The molecule has 0 aromatic carbocycles. The van der Waals surface area contributed by atoms with E-state index in [9.17, 15) is 0 Å². The van der Waals surface area contributed by atoms with E-state index in [1.165, 1.54) is 0 Å². The van der Waals surface area contributed by atoms with Crippen molar-refractivity contribution >= 4 is 12.1 Å². The molecular weight excluding hydrogens is 118 g/mol. The van der Waals surface area contributed by atoms with Crippen LogP contribution in [0.1, 0.15) is 12.8 Å². The van der Waals surface area contributed by atoms with E-state index in [2.05, 4.69) is 5.16 Å². The van der Waals surface area contributed by atoms with Gasteiger partial charge in [-0.3, -0.25) is 5.41 Å². The zero-order chi connectivity index (χ0) is 6.69. The van der Waals surface area contributed by atoms with Gasteiger partial charge in [0.2, 0.25) is 0 Å². The maximum atomic E-state index is 6.90. The van der Waals surface area contributed by atoms with Crippen molar-refractivity contribution in [3.63, 3.8) is 0 Å². The Morgan fingerprint density at radius 1 is 2.00 bits per heavy atom. The summed E-state index contributed by atoms with van der Waals surface area (Å²) >= 11 is 0. The van der Waals surface area contributed by atoms with Crippen molar-refractivity contribution in [2.24, 2.45) is 10.9 Å². The zero-order valence-corrected chi connectivity index (χ0v) is 5.00. The summed E-state index contributed by atoms with van der Waals surface area (Å²) in [5.74, 6) is 0.158. The highest BCUT2D eigenvalue weighted by Gasteiger charge is 2.13. The Morgan fingerprint density at radius 2 is 2.78 bits per heavy atom. The van der Waals surface area contributed by atoms with Gasteiger partial charge in [-0.1, -0.05) is 5.16 Å². The van der Waals surface area contributed by atoms with E-state index >= 15 is 0 Å². The molecule has 0 saturated heterocycles. The maximum Gasteiger partial charge on any atom is 0.139 e. The first-order valence-corrected chi connectivity index (χ1v) is 2.79. The van der Waals surface area contributed by atoms with E-state index in [4.69, 9.17) is 16.0 Å². The van der Waals surface area contributed by atoms with Gasteiger partial charge < -0.3 is 10.6 Å². The predicted molar refractivity (Wildman–Crippen MR) is 34.5 cm³/mol. The Balaban J connectivity index is 2.22. The highest BCUT2D eigenvalue weighted by Crippen LogP contribution is 2.07. The second-order valence-electron chi connectivity index (χ2n) is 1.98. The number of hydrogen-bond donors (Lipinski definition) is 2. The van der Waals surface area contributed by atoms with Crippen molar-refractivity contribution in [2.45, 2.75) is 18.9 Å². The summed E-state index contributed by atoms with van der Waals surface area (Å²) in [5.41, 5.74) is 5.12. The van der Waals surface area contributed by atoms with E-state index < -0.39 is 0 Å². The third-order valence-electron chi connectivity index (χ3n) is 1.10. The molecule has 1 rings (SSSR count). The van der Waals surface area contributed by atoms with Crippen molar-refractivity contribution in [2.75, 3.05) is 0 Å². The number of rotatable bonds is 2. The Morgan fingerprint density at radius 3 is 3.22 bits per heavy atom. The number of nitrogens with one attached hydrogen (secondary N) is 1. The summed E-state index contributed by atoms with van der Waals surface area (Å²) in [4.78, 5) is 4.81. The first kappa shape index (κ1) is 6.07. The molecule has 0 aromatic rings. The predicted octanol–water partition coefficient (Wildman–Crippen LogP) is 0.0872. The van der Waals surface area contributed by atoms with E-state index in [-0.39, 0.29) is 11.9 Å². The Labute approximate surface area is 53.2 Å². The van der Waals surface area contributed by atoms with Crippen LogP contribution in [0.5, 0.6) is 0 Å². The third-order valence-corrected chi connectivity index (χ3v) is 1.10. The Hall–Kier alpha value is -1.06. The molecule has 4 heteroatoms. The molecule has 0 amide bonds. The molecule has 50 valence electrons. The molecule has 0 saturated carbocycles. The van der Waals surface area contributed by atoms with Crippen molar-refractivity contribution in [3.05, 3.63) is 0 Å². The SMILES string of the molecule is N=C(N)CC1CC=NO1. The number of hydrogen-bond acceptors (Lipinski definition) is 3. The minimum atomic E-state index is 0.0162. The van der Waals surface area contributed by atoms with Crippen molar-refractivity contribution in [3.8, 4) is 0 Å². The smallest absolute Gasteiger partial charge is 0.139 e. The summed E-state index contributed by atoms with van der Waals surface area (Å²) in [7, 11) is 0. The zero-order valence-electron chi connectivity index (χ0n) is 5.00. The highest BCUT2D eigenvalue weighted by molar-refractivity contribution is 5.78. The van der Waals surface area contributed by atoms with E-state index in [1.807, 2.05) is 0 Å². The fourth-order valence-corrected chi connectivity index (χ4v) is 0.699. The second kappa shape index (κ2) is 2.48. The lowest BCUT2D eigenvalue weighted by atomic mass is 10.2. The normalized spacial score (nSPS) is 23.8. The standard InChI is InChI=1S/C5H9N3O/c6-5(7)3-4-1-2-8-9-4/h2,4H,1,3H2,(H3,6,7). The third kappa shape index (κ3) is 1.71. The average Bonchev–Trinajstić information content (AvgIpc) is 2.15. The van der Waals surface area contributed by atoms with E-state index in [0.717, 1.165) is 6.42 Å². The van der Waals surface area contributed by atoms with Crippen LogP contribution in [0.15, 0.2) is 5.16 Å². The van der Waals surface area contributed by atoms with Gasteiger partial charge in [0.1, 0.15) is 6.10 Å². The molecule has 0 fully saturated rings. The van der Waals surface area contributed by atoms with Crippen LogP contribution in [0.25, 0.3) is 0 Å². The van der Waals surface area contributed by atoms with Crippen LogP contribution in [-0.4, -0.2) is 18.2 Å². The van der Waals surface area contributed by atoms with E-state index in [0.29, 0.717) is 6.42 Å². The lowest BCUT2D eigenvalue weighted by Gasteiger charge is -2.04. The molecule has 4 nitrogen and oxygen atoms in total. The molecule has 0 bridgehead atoms. The Kier molecular flexibility index (Phi) is 1.67. The lowest BCUT2D eigenvalue weighted by molar-refractivity contribution is 0.0908. The van der Waals surface area contributed by atoms with Crippen molar-refractivity contribution < 1.29 is 4.84 Å². The quantitative estimate of drug-likeness (QED) is 0.407. The average molecular weight is 127 g/mol. The molecule has 9 heavy (non-hydrogen) atoms. The molecule has 1 atom stereocenters. The summed E-state index contributed by atoms with van der Waals surface area (Å²) in [6, 6.07) is 0. The molecule has 0 radical (unpaired) electrons. The summed E-state index contributed by atoms with van der Waals surface area (Å²) in [5, 5.41) is 10.4. The van der Waals surface area contributed by atoms with Crippen LogP contribution in [-0.2, 0) is 4.84 Å². The number of nitrogens with zero attached hydrogens (tertiary/aromatic N) is 1. The van der Waals surface area contributed by atoms with Gasteiger partial charge in [0.25, 0.3) is 0 Å². The summed E-state index contributed by atoms with van der Waals surface area (Å²) < 4.78 is 0. The van der Waals surface area contributed by atoms with Crippen LogP contribution >= 0.6 is 0 Å². The van der Waals surface area contributed by atoms with Crippen LogP contribution in [0.3, 0.4) is 0 Å². The molecular formula is C5H9N3O. The maximum absolute atomic E-state index is 6.90. The van der Waals surface area contributed by atoms with Gasteiger partial charge >= 0.3 is 0 Å². The molecule has 1 aliphatic heterocycles. The van der Waals surface area contributed by atoms with Crippen LogP contribution in [0.4, 0.5) is 0 Å². The topological polar surface area (TPSA) is 71.5 Å². The van der Waals surface area contributed by atoms with Gasteiger partial charge in [-0.05, 0) is 0 Å². The molecule has 3 N–H and O–H groups in total. The van der Waals surface area contributed by atoms with Gasteiger partial charge in [0.15, 0.2) is 0 Å². The van der Waals surface area contributed by atoms with Gasteiger partial charge in [0, 0.05) is 19.1 Å². The van der Waals surface area contributed by atoms with Crippen molar-refractivity contribution in [1.29, 1.82) is 5.41 Å². The Bertz CT molecular complexity index is 135. The summed E-state index contributed by atoms with van der Waals surface area (Å²) in [6.45, 7) is 0. The van der Waals surface area contributed by atoms with Gasteiger partial charge in [-0.25, -0.2) is 0 Å². The van der Waals surface area contributed by atoms with Gasteiger partial charge in [-0.2, -0.15) is 0 Å². The lowest BCUT2D eigenvalue weighted by Crippen LogP contribution is -2.18. The van der Waals surface area contributed by atoms with E-state index in [1.54, 1.807) is 6.21 Å². The largest absolute Gasteiger partial charge is 0.392 e. The molecule has 0 aromatic heterocycles. The summed E-state index contributed by atoms with van der Waals surface area (Å²) in [6.07, 6.45) is 2.97. The monoisotopic (exact) mass is 127 g/mol. The molecule has 1 heterocycles. The molecule has 0 aliphatic carbocycles. The number of nitrogens with two attached hydrogens (primary N) is 1. The van der Waals surface area contributed by atoms with Gasteiger partial charge in [-0.15, -0.1) is 0 Å². The first-order chi connectivity index (χ1) is 4.29. The van der Waals surface area contributed by atoms with Crippen LogP contribution in [0.2, 0.25) is 0 Å². The van der Waals surface area contributed by atoms with Crippen LogP contribution < -0.4 is 5.73 Å². The van der Waals surface area contributed by atoms with Crippen LogP contribution in [0, 0.1) is 5.41 Å². The molecule has 0 spiro atoms. The fourth-order valence-electron chi connectivity index (χ4n) is 0.699. The fraction of sp³-hybridized carbons (Fsp3) is 0.600. The second-order valence-corrected chi connectivity index (χ2v) is 1.98. The molecule has 1 unspecified atom stereocenters. The number of oxime groups is 1. The number of amidine groups is 1. The van der Waals surface area contributed by atoms with Crippen molar-refractivity contribution in [1.82, 2.24) is 0 Å². The van der Waals surface area contributed by atoms with Gasteiger partial charge in [0.05, 0.1) is 5.84 Å².